The van der Waals surface area contributed by atoms with Crippen molar-refractivity contribution < 1.29 is 19.3 Å². The number of nitrogens with one attached hydrogen (secondary N) is 1. The van der Waals surface area contributed by atoms with Crippen LogP contribution in [-0.2, 0) is 24.4 Å². The van der Waals surface area contributed by atoms with Gasteiger partial charge < -0.3 is 29.1 Å². The van der Waals surface area contributed by atoms with Gasteiger partial charge in [-0.2, -0.15) is 0 Å². The zero-order chi connectivity index (χ0) is 19.4. The molecule has 0 radical (unpaired) electrons. The van der Waals surface area contributed by atoms with Crippen LogP contribution in [0.4, 0.5) is 0 Å². The average molecular weight is 379 g/mol. The first-order valence-corrected chi connectivity index (χ1v) is 8.97. The number of pyridine rings is 2. The quantitative estimate of drug-likeness (QED) is 0.503. The Hall–Kier alpha value is -3.04. The predicted molar refractivity (Wildman–Crippen MR) is 104 cm³/mol. The second kappa shape index (κ2) is 6.25. The summed E-state index contributed by atoms with van der Waals surface area (Å²) < 4.78 is 17.7. The molecule has 1 aromatic carbocycles. The highest BCUT2D eigenvalue weighted by atomic mass is 16.7. The van der Waals surface area contributed by atoms with Gasteiger partial charge in [-0.3, -0.25) is 4.79 Å². The number of hydrogen-bond acceptors (Lipinski definition) is 7. The lowest BCUT2D eigenvalue weighted by Crippen LogP contribution is -2.23. The molecule has 142 valence electrons. The first kappa shape index (κ1) is 17.1. The van der Waals surface area contributed by atoms with Crippen molar-refractivity contribution in [3.63, 3.8) is 0 Å². The largest absolute Gasteiger partial charge is 0.507 e. The molecule has 0 unspecified atom stereocenters. The van der Waals surface area contributed by atoms with Crippen LogP contribution < -0.4 is 20.3 Å². The number of aromatic hydroxyl groups is 1. The van der Waals surface area contributed by atoms with Gasteiger partial charge in [-0.25, -0.2) is 4.98 Å². The summed E-state index contributed by atoms with van der Waals surface area (Å²) in [5, 5.41) is 14.5. The van der Waals surface area contributed by atoms with Crippen LogP contribution in [0.5, 0.6) is 17.2 Å². The maximum atomic E-state index is 12.9. The Balaban J connectivity index is 1.79. The van der Waals surface area contributed by atoms with Crippen LogP contribution in [0.15, 0.2) is 23.0 Å². The summed E-state index contributed by atoms with van der Waals surface area (Å²) in [5.74, 6) is 1.28. The summed E-state index contributed by atoms with van der Waals surface area (Å²) >= 11 is 0. The summed E-state index contributed by atoms with van der Waals surface area (Å²) in [6.45, 7) is 1.26. The first-order chi connectivity index (χ1) is 13.6. The third-order valence-electron chi connectivity index (χ3n) is 5.28. The summed E-state index contributed by atoms with van der Waals surface area (Å²) in [4.78, 5) is 17.7. The third kappa shape index (κ3) is 2.33. The molecule has 9 heteroatoms. The molecule has 0 amide bonds. The normalized spacial score (nSPS) is 13.8. The van der Waals surface area contributed by atoms with Crippen molar-refractivity contribution in [3.05, 3.63) is 45.2 Å². The van der Waals surface area contributed by atoms with Crippen LogP contribution in [0.1, 0.15) is 16.7 Å². The lowest BCUT2D eigenvalue weighted by molar-refractivity contribution is 0.174. The van der Waals surface area contributed by atoms with Crippen LogP contribution in [0.25, 0.3) is 22.3 Å². The van der Waals surface area contributed by atoms with Gasteiger partial charge in [-0.15, -0.1) is 0 Å². The molecule has 28 heavy (non-hydrogen) atoms. The average Bonchev–Trinajstić information content (AvgIpc) is 3.28. The molecule has 2 aliphatic heterocycles. The molecule has 5 rings (SSSR count). The molecule has 2 aromatic heterocycles. The Kier molecular flexibility index (Phi) is 3.82. The number of nitrogens with zero attached hydrogens (tertiary/aromatic N) is 2. The van der Waals surface area contributed by atoms with E-state index in [0.29, 0.717) is 36.0 Å². The van der Waals surface area contributed by atoms with E-state index < -0.39 is 0 Å². The maximum absolute atomic E-state index is 12.9. The van der Waals surface area contributed by atoms with Gasteiger partial charge in [0.1, 0.15) is 5.75 Å². The molecule has 0 saturated carbocycles. The van der Waals surface area contributed by atoms with E-state index in [-0.39, 0.29) is 30.3 Å². The number of ether oxygens (including phenoxy) is 3. The molecule has 0 atom stereocenters. The molecule has 0 fully saturated rings. The minimum atomic E-state index is -0.261. The second-order valence-corrected chi connectivity index (χ2v) is 6.89. The summed E-state index contributed by atoms with van der Waals surface area (Å²) in [5.41, 5.74) is 4.07. The van der Waals surface area contributed by atoms with Gasteiger partial charge >= 0.3 is 0 Å². The lowest BCUT2D eigenvalue weighted by Gasteiger charge is -2.12. The van der Waals surface area contributed by atoms with Crippen molar-refractivity contribution in [3.8, 4) is 28.6 Å². The minimum Gasteiger partial charge on any atom is -0.507 e. The number of methoxy groups -OCH3 is 1. The van der Waals surface area contributed by atoms with Gasteiger partial charge in [0.15, 0.2) is 19.5 Å². The van der Waals surface area contributed by atoms with Gasteiger partial charge in [0.05, 0.1) is 35.6 Å². The summed E-state index contributed by atoms with van der Waals surface area (Å²) in [6.07, 6.45) is 0. The zero-order valence-corrected chi connectivity index (χ0v) is 15.5. The Labute approximate surface area is 161 Å². The van der Waals surface area contributed by atoms with E-state index in [1.807, 2.05) is 20.1 Å². The molecule has 2 aliphatic rings. The molecule has 0 spiro atoms. The molecular formula is C19H18BN3O5. The fourth-order valence-electron chi connectivity index (χ4n) is 3.99. The van der Waals surface area contributed by atoms with Crippen molar-refractivity contribution >= 4 is 18.9 Å². The van der Waals surface area contributed by atoms with E-state index in [0.717, 1.165) is 22.0 Å². The molecular weight excluding hydrogens is 361 g/mol. The Morgan fingerprint density at radius 1 is 1.29 bits per heavy atom. The van der Waals surface area contributed by atoms with E-state index in [1.54, 1.807) is 10.6 Å². The van der Waals surface area contributed by atoms with Crippen LogP contribution in [-0.4, -0.2) is 36.5 Å². The predicted octanol–water partition coefficient (Wildman–Crippen LogP) is 0.644. The molecule has 0 saturated heterocycles. The number of hydrogen-bond donors (Lipinski definition) is 2. The highest BCUT2D eigenvalue weighted by molar-refractivity contribution is 6.04. The van der Waals surface area contributed by atoms with Gasteiger partial charge in [0.2, 0.25) is 6.79 Å². The molecule has 0 bridgehead atoms. The van der Waals surface area contributed by atoms with Crippen LogP contribution in [0.2, 0.25) is 0 Å². The topological polar surface area (TPSA) is 94.8 Å². The monoisotopic (exact) mass is 379 g/mol. The van der Waals surface area contributed by atoms with Crippen LogP contribution in [0.3, 0.4) is 0 Å². The Bertz CT molecular complexity index is 1190. The highest BCUT2D eigenvalue weighted by Gasteiger charge is 2.29. The molecule has 8 nitrogen and oxygen atoms in total. The van der Waals surface area contributed by atoms with Gasteiger partial charge in [-0.05, 0) is 11.6 Å². The maximum Gasteiger partial charge on any atom is 0.260 e. The van der Waals surface area contributed by atoms with E-state index >= 15 is 0 Å². The first-order valence-electron chi connectivity index (χ1n) is 8.97. The number of aromatic nitrogens is 2. The molecule has 4 heterocycles. The molecule has 3 aromatic rings. The van der Waals surface area contributed by atoms with Crippen molar-refractivity contribution in [2.75, 3.05) is 13.9 Å². The lowest BCUT2D eigenvalue weighted by atomic mass is 9.99. The van der Waals surface area contributed by atoms with Gasteiger partial charge in [0, 0.05) is 36.7 Å². The van der Waals surface area contributed by atoms with Gasteiger partial charge in [-0.1, -0.05) is 0 Å². The third-order valence-corrected chi connectivity index (χ3v) is 5.28. The summed E-state index contributed by atoms with van der Waals surface area (Å²) in [7, 11) is 3.37. The van der Waals surface area contributed by atoms with Crippen molar-refractivity contribution in [2.45, 2.75) is 19.7 Å². The van der Waals surface area contributed by atoms with Crippen molar-refractivity contribution in [1.82, 2.24) is 14.8 Å². The van der Waals surface area contributed by atoms with E-state index in [2.05, 4.69) is 5.23 Å². The van der Waals surface area contributed by atoms with Crippen LogP contribution in [0, 0.1) is 0 Å². The standard InChI is InChI=1S/C19H18BN3O5/c1-26-7-12-15(24)4-14-18-11(6-23(14)19(12)25)10(5-21-20)9-2-16-17(28-8-27-16)3-13(9)22-18/h2-4,21,24H,5-8,20H2,1H3. The number of rotatable bonds is 4. The fourth-order valence-corrected chi connectivity index (χ4v) is 3.99. The van der Waals surface area contributed by atoms with E-state index in [4.69, 9.17) is 19.2 Å². The summed E-state index contributed by atoms with van der Waals surface area (Å²) in [6, 6.07) is 5.39. The number of fused-ring (bicyclic) bond motifs is 5. The second-order valence-electron chi connectivity index (χ2n) is 6.89. The van der Waals surface area contributed by atoms with E-state index in [9.17, 15) is 9.90 Å². The van der Waals surface area contributed by atoms with Gasteiger partial charge in [0.25, 0.3) is 5.56 Å². The molecule has 0 aliphatic carbocycles. The van der Waals surface area contributed by atoms with Crippen molar-refractivity contribution in [2.24, 2.45) is 0 Å². The fraction of sp³-hybridized carbons (Fsp3) is 0.263. The smallest absolute Gasteiger partial charge is 0.260 e. The van der Waals surface area contributed by atoms with Crippen LogP contribution >= 0.6 is 0 Å². The zero-order valence-electron chi connectivity index (χ0n) is 15.5. The Morgan fingerprint density at radius 2 is 2.07 bits per heavy atom. The molecule has 2 N–H and O–H groups in total. The minimum absolute atomic E-state index is 0.0570. The van der Waals surface area contributed by atoms with Crippen molar-refractivity contribution in [1.29, 1.82) is 0 Å². The highest BCUT2D eigenvalue weighted by Crippen LogP contribution is 2.41. The van der Waals surface area contributed by atoms with E-state index in [1.165, 1.54) is 7.11 Å². The number of benzene rings is 1. The Morgan fingerprint density at radius 3 is 2.82 bits per heavy atom. The SMILES string of the molecule is BNCc1c2c(nc3cc4c(cc13)OCO4)-c1cc(O)c(COC)c(=O)n1C2.